The van der Waals surface area contributed by atoms with Gasteiger partial charge in [0, 0.05) is 12.1 Å². The van der Waals surface area contributed by atoms with Crippen molar-refractivity contribution in [3.63, 3.8) is 0 Å². The van der Waals surface area contributed by atoms with Gasteiger partial charge in [-0.25, -0.2) is 4.79 Å². The van der Waals surface area contributed by atoms with Crippen molar-refractivity contribution in [1.82, 2.24) is 0 Å². The smallest absolute Gasteiger partial charge is 0.323 e. The molecule has 5 heteroatoms. The molecule has 2 aromatic rings. The molecule has 1 aliphatic heterocycles. The maximum atomic E-state index is 12.0. The summed E-state index contributed by atoms with van der Waals surface area (Å²) in [4.78, 5) is 12.0. The molecule has 0 fully saturated rings. The van der Waals surface area contributed by atoms with Crippen molar-refractivity contribution >= 4 is 17.4 Å². The number of carbonyl (C=O) groups is 1. The minimum absolute atomic E-state index is 0.344. The molecule has 0 spiro atoms. The lowest BCUT2D eigenvalue weighted by Gasteiger charge is -2.10. The van der Waals surface area contributed by atoms with Crippen molar-refractivity contribution in [2.75, 3.05) is 17.2 Å². The Hall–Kier alpha value is -3.00. The zero-order valence-electron chi connectivity index (χ0n) is 11.2. The number of hydrogen-bond acceptors (Lipinski definition) is 3. The summed E-state index contributed by atoms with van der Waals surface area (Å²) in [6, 6.07) is 14.1. The molecule has 3 rings (SSSR count). The molecular weight excluding hydrogens is 266 g/mol. The van der Waals surface area contributed by atoms with E-state index in [4.69, 9.17) is 10.00 Å². The number of benzene rings is 2. The molecule has 0 aliphatic carbocycles. The van der Waals surface area contributed by atoms with Crippen molar-refractivity contribution < 1.29 is 9.53 Å². The van der Waals surface area contributed by atoms with Crippen molar-refractivity contribution in [3.8, 4) is 11.8 Å². The molecular formula is C16H13N3O2. The van der Waals surface area contributed by atoms with Gasteiger partial charge in [-0.15, -0.1) is 0 Å². The number of rotatable bonds is 2. The molecule has 0 saturated carbocycles. The summed E-state index contributed by atoms with van der Waals surface area (Å²) in [5.74, 6) is 0.743. The number of ether oxygens (including phenoxy) is 1. The monoisotopic (exact) mass is 279 g/mol. The van der Waals surface area contributed by atoms with Crippen molar-refractivity contribution in [2.24, 2.45) is 0 Å². The molecule has 2 N–H and O–H groups in total. The number of anilines is 2. The van der Waals surface area contributed by atoms with Crippen LogP contribution >= 0.6 is 0 Å². The van der Waals surface area contributed by atoms with Crippen LogP contribution < -0.4 is 15.4 Å². The summed E-state index contributed by atoms with van der Waals surface area (Å²) >= 11 is 0. The van der Waals surface area contributed by atoms with E-state index in [1.165, 1.54) is 0 Å². The van der Waals surface area contributed by atoms with Crippen molar-refractivity contribution in [2.45, 2.75) is 6.42 Å². The van der Waals surface area contributed by atoms with Gasteiger partial charge >= 0.3 is 6.03 Å². The Balaban J connectivity index is 1.69. The maximum absolute atomic E-state index is 12.0. The third-order valence-corrected chi connectivity index (χ3v) is 3.23. The van der Waals surface area contributed by atoms with Gasteiger partial charge in [-0.05, 0) is 35.9 Å². The van der Waals surface area contributed by atoms with Gasteiger partial charge in [0.15, 0.2) is 0 Å². The van der Waals surface area contributed by atoms with E-state index in [2.05, 4.69) is 10.6 Å². The molecule has 1 heterocycles. The summed E-state index contributed by atoms with van der Waals surface area (Å²) in [6.45, 7) is 0.644. The number of amides is 2. The predicted molar refractivity (Wildman–Crippen MR) is 79.4 cm³/mol. The molecule has 2 amide bonds. The van der Waals surface area contributed by atoms with Crippen LogP contribution in [0, 0.1) is 11.3 Å². The lowest BCUT2D eigenvalue weighted by Crippen LogP contribution is -2.19. The molecule has 0 unspecified atom stereocenters. The average Bonchev–Trinajstić information content (AvgIpc) is 2.97. The van der Waals surface area contributed by atoms with Crippen LogP contribution in [0.5, 0.6) is 5.75 Å². The zero-order valence-corrected chi connectivity index (χ0v) is 11.2. The highest BCUT2D eigenvalue weighted by molar-refractivity contribution is 6.00. The van der Waals surface area contributed by atoms with E-state index in [1.54, 1.807) is 24.3 Å². The fourth-order valence-corrected chi connectivity index (χ4v) is 2.23. The predicted octanol–water partition coefficient (Wildman–Crippen LogP) is 3.14. The standard InChI is InChI=1S/C16H13N3O2/c17-10-11-4-6-13(7-5-11)18-16(20)19-14-3-1-2-12-8-9-21-15(12)14/h1-7H,8-9H2,(H2,18,19,20). The number of nitrogens with one attached hydrogen (secondary N) is 2. The molecule has 0 radical (unpaired) electrons. The van der Waals surface area contributed by atoms with Gasteiger partial charge in [0.2, 0.25) is 0 Å². The summed E-state index contributed by atoms with van der Waals surface area (Å²) in [6.07, 6.45) is 0.863. The number of carbonyl (C=O) groups excluding carboxylic acids is 1. The second kappa shape index (κ2) is 5.55. The highest BCUT2D eigenvalue weighted by atomic mass is 16.5. The molecule has 0 bridgehead atoms. The van der Waals surface area contributed by atoms with Crippen LogP contribution in [-0.2, 0) is 6.42 Å². The maximum Gasteiger partial charge on any atom is 0.323 e. The molecule has 1 aliphatic rings. The molecule has 0 atom stereocenters. The number of nitrogens with zero attached hydrogens (tertiary/aromatic N) is 1. The topological polar surface area (TPSA) is 74.2 Å². The van der Waals surface area contributed by atoms with Crippen molar-refractivity contribution in [1.29, 1.82) is 5.26 Å². The van der Waals surface area contributed by atoms with E-state index < -0.39 is 0 Å². The first-order chi connectivity index (χ1) is 10.3. The van der Waals surface area contributed by atoms with Crippen LogP contribution in [0.3, 0.4) is 0 Å². The van der Waals surface area contributed by atoms with Gasteiger partial charge in [-0.3, -0.25) is 0 Å². The summed E-state index contributed by atoms with van der Waals surface area (Å²) in [5, 5.41) is 14.2. The first kappa shape index (κ1) is 13.0. The van der Waals surface area contributed by atoms with Gasteiger partial charge in [0.05, 0.1) is 23.9 Å². The van der Waals surface area contributed by atoms with Crippen LogP contribution in [0.2, 0.25) is 0 Å². The first-order valence-corrected chi connectivity index (χ1v) is 6.59. The Morgan fingerprint density at radius 3 is 2.71 bits per heavy atom. The minimum atomic E-state index is -0.344. The highest BCUT2D eigenvalue weighted by Gasteiger charge is 2.17. The molecule has 2 aromatic carbocycles. The SMILES string of the molecule is N#Cc1ccc(NC(=O)Nc2cccc3c2OCC3)cc1. The number of nitriles is 1. The average molecular weight is 279 g/mol. The Morgan fingerprint density at radius 1 is 1.14 bits per heavy atom. The molecule has 0 saturated heterocycles. The number of urea groups is 1. The third kappa shape index (κ3) is 2.79. The molecule has 5 nitrogen and oxygen atoms in total. The summed E-state index contributed by atoms with van der Waals surface area (Å²) < 4.78 is 5.53. The highest BCUT2D eigenvalue weighted by Crippen LogP contribution is 2.33. The van der Waals surface area contributed by atoms with E-state index in [-0.39, 0.29) is 6.03 Å². The Labute approximate surface area is 122 Å². The van der Waals surface area contributed by atoms with Gasteiger partial charge in [-0.1, -0.05) is 12.1 Å². The summed E-state index contributed by atoms with van der Waals surface area (Å²) in [5.41, 5.74) is 2.94. The van der Waals surface area contributed by atoms with Gasteiger partial charge in [-0.2, -0.15) is 5.26 Å². The van der Waals surface area contributed by atoms with Crippen LogP contribution in [0.4, 0.5) is 16.2 Å². The minimum Gasteiger partial charge on any atom is -0.491 e. The quantitative estimate of drug-likeness (QED) is 0.886. The van der Waals surface area contributed by atoms with Crippen LogP contribution in [0.15, 0.2) is 42.5 Å². The van der Waals surface area contributed by atoms with E-state index in [0.29, 0.717) is 23.5 Å². The lowest BCUT2D eigenvalue weighted by atomic mass is 10.1. The number of para-hydroxylation sites is 1. The third-order valence-electron chi connectivity index (χ3n) is 3.23. The zero-order chi connectivity index (χ0) is 14.7. The van der Waals surface area contributed by atoms with Gasteiger partial charge in [0.25, 0.3) is 0 Å². The van der Waals surface area contributed by atoms with Crippen molar-refractivity contribution in [3.05, 3.63) is 53.6 Å². The van der Waals surface area contributed by atoms with Gasteiger partial charge in [0.1, 0.15) is 5.75 Å². The second-order valence-electron chi connectivity index (χ2n) is 4.66. The Kier molecular flexibility index (Phi) is 3.44. The Bertz CT molecular complexity index is 717. The van der Waals surface area contributed by atoms with Gasteiger partial charge < -0.3 is 15.4 Å². The van der Waals surface area contributed by atoms with Crippen LogP contribution in [0.1, 0.15) is 11.1 Å². The van der Waals surface area contributed by atoms with E-state index in [9.17, 15) is 4.79 Å². The largest absolute Gasteiger partial charge is 0.491 e. The molecule has 21 heavy (non-hydrogen) atoms. The van der Waals surface area contributed by atoms with E-state index in [1.807, 2.05) is 24.3 Å². The van der Waals surface area contributed by atoms with Crippen LogP contribution in [0.25, 0.3) is 0 Å². The number of hydrogen-bond donors (Lipinski definition) is 2. The van der Waals surface area contributed by atoms with Crippen LogP contribution in [-0.4, -0.2) is 12.6 Å². The molecule has 0 aromatic heterocycles. The summed E-state index contributed by atoms with van der Waals surface area (Å²) in [7, 11) is 0. The normalized spacial score (nSPS) is 12.0. The fourth-order valence-electron chi connectivity index (χ4n) is 2.23. The first-order valence-electron chi connectivity index (χ1n) is 6.59. The van der Waals surface area contributed by atoms with E-state index >= 15 is 0 Å². The second-order valence-corrected chi connectivity index (χ2v) is 4.66. The van der Waals surface area contributed by atoms with E-state index in [0.717, 1.165) is 17.7 Å². The number of fused-ring (bicyclic) bond motifs is 1. The Morgan fingerprint density at radius 2 is 1.95 bits per heavy atom. The molecule has 104 valence electrons. The fraction of sp³-hybridized carbons (Fsp3) is 0.125. The lowest BCUT2D eigenvalue weighted by molar-refractivity contribution is 0.262.